The second-order valence-corrected chi connectivity index (χ2v) is 4.22. The van der Waals surface area contributed by atoms with Crippen LogP contribution in [-0.2, 0) is 17.8 Å². The Kier molecular flexibility index (Phi) is 3.73. The van der Waals surface area contributed by atoms with Crippen molar-refractivity contribution in [1.29, 1.82) is 0 Å². The van der Waals surface area contributed by atoms with E-state index in [4.69, 9.17) is 5.84 Å². The van der Waals surface area contributed by atoms with Crippen molar-refractivity contribution in [2.45, 2.75) is 19.4 Å². The molecule has 5 heteroatoms. The van der Waals surface area contributed by atoms with Crippen molar-refractivity contribution in [3.8, 4) is 0 Å². The van der Waals surface area contributed by atoms with Gasteiger partial charge in [-0.25, -0.2) is 5.43 Å². The smallest absolute Gasteiger partial charge is 0.227 e. The number of hydrogen-bond acceptors (Lipinski definition) is 4. The predicted octanol–water partition coefficient (Wildman–Crippen LogP) is 0.106. The maximum atomic E-state index is 11.5. The van der Waals surface area contributed by atoms with Crippen LogP contribution >= 0.6 is 0 Å². The van der Waals surface area contributed by atoms with Crippen LogP contribution in [0.1, 0.15) is 17.5 Å². The Hall–Kier alpha value is -1.43. The van der Waals surface area contributed by atoms with Gasteiger partial charge in [-0.3, -0.25) is 16.0 Å². The van der Waals surface area contributed by atoms with Gasteiger partial charge in [0.25, 0.3) is 0 Å². The summed E-state index contributed by atoms with van der Waals surface area (Å²) >= 11 is 0. The molecule has 92 valence electrons. The highest BCUT2D eigenvalue weighted by molar-refractivity contribution is 5.95. The number of anilines is 1. The van der Waals surface area contributed by atoms with Crippen molar-refractivity contribution in [1.82, 2.24) is 10.7 Å². The summed E-state index contributed by atoms with van der Waals surface area (Å²) in [6.07, 6.45) is 1.44. The van der Waals surface area contributed by atoms with E-state index < -0.39 is 0 Å². The van der Waals surface area contributed by atoms with Crippen LogP contribution < -0.4 is 21.5 Å². The van der Waals surface area contributed by atoms with Gasteiger partial charge in [-0.05, 0) is 23.6 Å². The number of nitrogens with zero attached hydrogens (tertiary/aromatic N) is 1. The molecule has 17 heavy (non-hydrogen) atoms. The van der Waals surface area contributed by atoms with Gasteiger partial charge in [0.2, 0.25) is 5.91 Å². The molecule has 1 amide bonds. The normalized spacial score (nSPS) is 14.9. The molecule has 0 saturated heterocycles. The number of hydrazine groups is 1. The molecule has 1 aliphatic heterocycles. The maximum absolute atomic E-state index is 11.5. The first-order chi connectivity index (χ1) is 8.22. The fourth-order valence-corrected chi connectivity index (χ4v) is 2.10. The Morgan fingerprint density at radius 1 is 1.41 bits per heavy atom. The summed E-state index contributed by atoms with van der Waals surface area (Å²) in [4.78, 5) is 13.3. The Bertz CT molecular complexity index is 419. The fraction of sp³-hybridized carbons (Fsp3) is 0.417. The standard InChI is InChI=1S/C12H18N4O/c1-16-11-4-2-9(7-14-8-15-13)6-10(11)3-5-12(16)17/h2,4,6,14-15H,3,5,7-8,13H2,1H3. The molecule has 1 aromatic carbocycles. The second-order valence-electron chi connectivity index (χ2n) is 4.22. The van der Waals surface area contributed by atoms with Gasteiger partial charge in [0.15, 0.2) is 0 Å². The summed E-state index contributed by atoms with van der Waals surface area (Å²) in [6, 6.07) is 6.21. The van der Waals surface area contributed by atoms with Crippen molar-refractivity contribution < 1.29 is 4.79 Å². The molecule has 1 aromatic rings. The third-order valence-corrected chi connectivity index (χ3v) is 3.04. The quantitative estimate of drug-likeness (QED) is 0.299. The lowest BCUT2D eigenvalue weighted by Crippen LogP contribution is -2.33. The SMILES string of the molecule is CN1C(=O)CCc2cc(CNCNN)ccc21. The minimum absolute atomic E-state index is 0.190. The zero-order valence-electron chi connectivity index (χ0n) is 9.99. The summed E-state index contributed by atoms with van der Waals surface area (Å²) < 4.78 is 0. The van der Waals surface area contributed by atoms with E-state index in [1.54, 1.807) is 4.90 Å². The predicted molar refractivity (Wildman–Crippen MR) is 67.2 cm³/mol. The number of aryl methyl sites for hydroxylation is 1. The number of carbonyl (C=O) groups is 1. The van der Waals surface area contributed by atoms with Crippen molar-refractivity contribution in [2.24, 2.45) is 5.84 Å². The first-order valence-electron chi connectivity index (χ1n) is 5.75. The van der Waals surface area contributed by atoms with Crippen LogP contribution in [0.15, 0.2) is 18.2 Å². The van der Waals surface area contributed by atoms with Crippen LogP contribution in [0.3, 0.4) is 0 Å². The van der Waals surface area contributed by atoms with Crippen molar-refractivity contribution in [2.75, 3.05) is 18.6 Å². The molecule has 0 unspecified atom stereocenters. The van der Waals surface area contributed by atoms with E-state index in [9.17, 15) is 4.79 Å². The molecule has 1 heterocycles. The minimum atomic E-state index is 0.190. The van der Waals surface area contributed by atoms with Crippen LogP contribution in [0, 0.1) is 0 Å². The fourth-order valence-electron chi connectivity index (χ4n) is 2.10. The third-order valence-electron chi connectivity index (χ3n) is 3.04. The molecule has 0 saturated carbocycles. The lowest BCUT2D eigenvalue weighted by Gasteiger charge is -2.26. The molecule has 0 spiro atoms. The molecule has 4 N–H and O–H groups in total. The topological polar surface area (TPSA) is 70.4 Å². The van der Waals surface area contributed by atoms with Crippen LogP contribution in [0.2, 0.25) is 0 Å². The monoisotopic (exact) mass is 234 g/mol. The average Bonchev–Trinajstić information content (AvgIpc) is 2.34. The van der Waals surface area contributed by atoms with Gasteiger partial charge < -0.3 is 4.90 Å². The number of carbonyl (C=O) groups excluding carboxylic acids is 1. The first kappa shape index (κ1) is 12.0. The van der Waals surface area contributed by atoms with Crippen LogP contribution in [0.25, 0.3) is 0 Å². The Labute approximate surface area is 101 Å². The summed E-state index contributed by atoms with van der Waals surface area (Å²) in [5.41, 5.74) is 6.03. The summed E-state index contributed by atoms with van der Waals surface area (Å²) in [5.74, 6) is 5.37. The van der Waals surface area contributed by atoms with Crippen molar-refractivity contribution >= 4 is 11.6 Å². The summed E-state index contributed by atoms with van der Waals surface area (Å²) in [7, 11) is 1.83. The van der Waals surface area contributed by atoms with Crippen LogP contribution in [0.4, 0.5) is 5.69 Å². The van der Waals surface area contributed by atoms with Gasteiger partial charge in [0, 0.05) is 25.7 Å². The number of nitrogens with one attached hydrogen (secondary N) is 2. The number of fused-ring (bicyclic) bond motifs is 1. The molecule has 0 aromatic heterocycles. The average molecular weight is 234 g/mol. The summed E-state index contributed by atoms with van der Waals surface area (Å²) in [6.45, 7) is 1.35. The zero-order valence-corrected chi connectivity index (χ0v) is 9.99. The maximum Gasteiger partial charge on any atom is 0.227 e. The van der Waals surface area contributed by atoms with Crippen molar-refractivity contribution in [3.05, 3.63) is 29.3 Å². The molecule has 0 atom stereocenters. The van der Waals surface area contributed by atoms with Gasteiger partial charge >= 0.3 is 0 Å². The lowest BCUT2D eigenvalue weighted by molar-refractivity contribution is -0.118. The number of rotatable bonds is 4. The van der Waals surface area contributed by atoms with E-state index in [0.717, 1.165) is 18.7 Å². The lowest BCUT2D eigenvalue weighted by atomic mass is 9.99. The molecular formula is C12H18N4O. The number of nitrogens with two attached hydrogens (primary N) is 1. The number of benzene rings is 1. The molecule has 2 rings (SSSR count). The van der Waals surface area contributed by atoms with Gasteiger partial charge in [-0.15, -0.1) is 0 Å². The van der Waals surface area contributed by atoms with E-state index >= 15 is 0 Å². The Morgan fingerprint density at radius 3 is 3.00 bits per heavy atom. The molecular weight excluding hydrogens is 216 g/mol. The molecule has 5 nitrogen and oxygen atoms in total. The molecule has 0 radical (unpaired) electrons. The molecule has 1 aliphatic rings. The largest absolute Gasteiger partial charge is 0.315 e. The first-order valence-corrected chi connectivity index (χ1v) is 5.75. The van der Waals surface area contributed by atoms with Gasteiger partial charge in [-0.2, -0.15) is 0 Å². The van der Waals surface area contributed by atoms with E-state index in [0.29, 0.717) is 13.1 Å². The molecule has 0 fully saturated rings. The minimum Gasteiger partial charge on any atom is -0.315 e. The van der Waals surface area contributed by atoms with Gasteiger partial charge in [-0.1, -0.05) is 12.1 Å². The van der Waals surface area contributed by atoms with Crippen LogP contribution in [0.5, 0.6) is 0 Å². The zero-order chi connectivity index (χ0) is 12.3. The van der Waals surface area contributed by atoms with Crippen molar-refractivity contribution in [3.63, 3.8) is 0 Å². The number of hydrogen-bond donors (Lipinski definition) is 3. The second kappa shape index (κ2) is 5.27. The Morgan fingerprint density at radius 2 is 2.24 bits per heavy atom. The van der Waals surface area contributed by atoms with Crippen LogP contribution in [-0.4, -0.2) is 19.6 Å². The highest BCUT2D eigenvalue weighted by atomic mass is 16.2. The van der Waals surface area contributed by atoms with E-state index in [-0.39, 0.29) is 5.91 Å². The van der Waals surface area contributed by atoms with Gasteiger partial charge in [0.05, 0.1) is 6.67 Å². The highest BCUT2D eigenvalue weighted by Gasteiger charge is 2.20. The van der Waals surface area contributed by atoms with Gasteiger partial charge in [0.1, 0.15) is 0 Å². The van der Waals surface area contributed by atoms with E-state index in [2.05, 4.69) is 16.8 Å². The highest BCUT2D eigenvalue weighted by Crippen LogP contribution is 2.27. The van der Waals surface area contributed by atoms with E-state index in [1.807, 2.05) is 19.2 Å². The molecule has 0 bridgehead atoms. The molecule has 0 aliphatic carbocycles. The summed E-state index contributed by atoms with van der Waals surface area (Å²) in [5, 5.41) is 3.16. The Balaban J connectivity index is 2.12. The third kappa shape index (κ3) is 2.63. The number of amides is 1. The van der Waals surface area contributed by atoms with E-state index in [1.165, 1.54) is 11.1 Å².